The highest BCUT2D eigenvalue weighted by molar-refractivity contribution is 7.09. The Morgan fingerprint density at radius 3 is 2.69 bits per heavy atom. The van der Waals surface area contributed by atoms with Crippen LogP contribution in [0.3, 0.4) is 0 Å². The summed E-state index contributed by atoms with van der Waals surface area (Å²) in [6.07, 6.45) is 1.64. The number of carbonyl (C=O) groups excluding carboxylic acids is 2. The molecule has 0 unspecified atom stereocenters. The Morgan fingerprint density at radius 2 is 1.92 bits per heavy atom. The normalized spacial score (nSPS) is 14.2. The fourth-order valence-corrected chi connectivity index (χ4v) is 5.31. The third-order valence-corrected chi connectivity index (χ3v) is 7.65. The first-order valence-electron chi connectivity index (χ1n) is 12.1. The minimum absolute atomic E-state index is 0.00327. The molecule has 1 aliphatic heterocycles. The molecule has 0 spiro atoms. The summed E-state index contributed by atoms with van der Waals surface area (Å²) in [4.78, 5) is 39.4. The third-order valence-electron chi connectivity index (χ3n) is 6.65. The van der Waals surface area contributed by atoms with Gasteiger partial charge in [-0.25, -0.2) is 9.97 Å². The van der Waals surface area contributed by atoms with E-state index in [0.29, 0.717) is 31.2 Å². The van der Waals surface area contributed by atoms with E-state index in [1.165, 1.54) is 16.9 Å². The lowest BCUT2D eigenvalue weighted by atomic mass is 9.97. The number of fused-ring (bicyclic) bond motifs is 1. The number of amides is 2. The van der Waals surface area contributed by atoms with E-state index < -0.39 is 0 Å². The van der Waals surface area contributed by atoms with Crippen molar-refractivity contribution >= 4 is 34.2 Å². The molecule has 36 heavy (non-hydrogen) atoms. The van der Waals surface area contributed by atoms with Gasteiger partial charge in [-0.2, -0.15) is 0 Å². The number of nitrogens with one attached hydrogen (secondary N) is 2. The first-order valence-corrected chi connectivity index (χ1v) is 13.0. The molecule has 186 valence electrons. The van der Waals surface area contributed by atoms with Crippen LogP contribution in [0, 0.1) is 13.8 Å². The second-order valence-corrected chi connectivity index (χ2v) is 10.0. The standard InChI is InChI=1S/C27H29N5O3S/c1-17-7-8-20(13-18(17)2)35-15-25(33)32-11-9-19(10-12-32)27-31-23(16-36-27)26(34)28-14-24-29-21-5-3-4-6-22(21)30-24/h3-8,13,16,19H,9-12,14-15H2,1-2H3,(H,28,34)(H,29,30). The van der Waals surface area contributed by atoms with Crippen molar-refractivity contribution in [2.75, 3.05) is 19.7 Å². The van der Waals surface area contributed by atoms with E-state index >= 15 is 0 Å². The van der Waals surface area contributed by atoms with Gasteiger partial charge >= 0.3 is 0 Å². The Morgan fingerprint density at radius 1 is 1.11 bits per heavy atom. The second kappa shape index (κ2) is 10.5. The summed E-state index contributed by atoms with van der Waals surface area (Å²) in [5, 5.41) is 5.64. The number of rotatable bonds is 7. The van der Waals surface area contributed by atoms with Crippen molar-refractivity contribution in [3.63, 3.8) is 0 Å². The maximum atomic E-state index is 12.6. The van der Waals surface area contributed by atoms with Gasteiger partial charge in [-0.15, -0.1) is 11.3 Å². The van der Waals surface area contributed by atoms with Gasteiger partial charge in [-0.05, 0) is 62.1 Å². The number of aromatic amines is 1. The second-order valence-electron chi connectivity index (χ2n) is 9.14. The maximum absolute atomic E-state index is 12.6. The lowest BCUT2D eigenvalue weighted by Gasteiger charge is -2.31. The van der Waals surface area contributed by atoms with E-state index in [1.54, 1.807) is 5.38 Å². The molecule has 1 saturated heterocycles. The molecular weight excluding hydrogens is 474 g/mol. The Hall–Kier alpha value is -3.72. The van der Waals surface area contributed by atoms with Crippen molar-refractivity contribution < 1.29 is 14.3 Å². The molecule has 9 heteroatoms. The topological polar surface area (TPSA) is 100 Å². The SMILES string of the molecule is Cc1ccc(OCC(=O)N2CCC(c3nc(C(=O)NCc4nc5ccccc5[nH]4)cs3)CC2)cc1C. The summed E-state index contributed by atoms with van der Waals surface area (Å²) < 4.78 is 5.72. The van der Waals surface area contributed by atoms with Crippen LogP contribution in [-0.4, -0.2) is 51.4 Å². The Kier molecular flexibility index (Phi) is 6.99. The first kappa shape index (κ1) is 24.0. The molecule has 1 fully saturated rings. The molecule has 4 aromatic rings. The molecular formula is C27H29N5O3S. The summed E-state index contributed by atoms with van der Waals surface area (Å²) in [6.45, 7) is 5.75. The van der Waals surface area contributed by atoms with Crippen LogP contribution in [-0.2, 0) is 11.3 Å². The number of H-pyrrole nitrogens is 1. The highest BCUT2D eigenvalue weighted by Gasteiger charge is 2.26. The largest absolute Gasteiger partial charge is 0.484 e. The molecule has 8 nitrogen and oxygen atoms in total. The van der Waals surface area contributed by atoms with Crippen LogP contribution in [0.25, 0.3) is 11.0 Å². The van der Waals surface area contributed by atoms with Crippen molar-refractivity contribution in [2.24, 2.45) is 0 Å². The highest BCUT2D eigenvalue weighted by Crippen LogP contribution is 2.30. The summed E-state index contributed by atoms with van der Waals surface area (Å²) in [7, 11) is 0. The van der Waals surface area contributed by atoms with Gasteiger partial charge in [0.05, 0.1) is 22.6 Å². The summed E-state index contributed by atoms with van der Waals surface area (Å²) in [6, 6.07) is 13.6. The first-order chi connectivity index (χ1) is 17.5. The number of piperidine rings is 1. The number of benzene rings is 2. The molecule has 1 aliphatic rings. The van der Waals surface area contributed by atoms with Crippen molar-refractivity contribution in [1.29, 1.82) is 0 Å². The van der Waals surface area contributed by atoms with E-state index in [9.17, 15) is 9.59 Å². The smallest absolute Gasteiger partial charge is 0.271 e. The molecule has 0 aliphatic carbocycles. The number of ether oxygens (including phenoxy) is 1. The Balaban J connectivity index is 1.09. The number of aromatic nitrogens is 3. The fraction of sp³-hybridized carbons (Fsp3) is 0.333. The minimum atomic E-state index is -0.214. The molecule has 3 heterocycles. The van der Waals surface area contributed by atoms with Crippen molar-refractivity contribution in [3.8, 4) is 5.75 Å². The summed E-state index contributed by atoms with van der Waals surface area (Å²) in [5.41, 5.74) is 4.58. The number of imidazole rings is 1. The van der Waals surface area contributed by atoms with Gasteiger partial charge in [0.25, 0.3) is 11.8 Å². The van der Waals surface area contributed by atoms with Crippen molar-refractivity contribution in [3.05, 3.63) is 75.5 Å². The molecule has 0 bridgehead atoms. The Bertz CT molecular complexity index is 1350. The van der Waals surface area contributed by atoms with E-state index in [4.69, 9.17) is 4.74 Å². The van der Waals surface area contributed by atoms with Crippen LogP contribution >= 0.6 is 11.3 Å². The van der Waals surface area contributed by atoms with Gasteiger partial charge in [0.1, 0.15) is 17.3 Å². The number of likely N-dealkylation sites (tertiary alicyclic amines) is 1. The molecule has 2 N–H and O–H groups in total. The number of thiazole rings is 1. The van der Waals surface area contributed by atoms with Gasteiger partial charge in [0.2, 0.25) is 0 Å². The van der Waals surface area contributed by atoms with Crippen molar-refractivity contribution in [2.45, 2.75) is 39.2 Å². The maximum Gasteiger partial charge on any atom is 0.271 e. The van der Waals surface area contributed by atoms with Crippen LogP contribution in [0.2, 0.25) is 0 Å². The predicted octanol–water partition coefficient (Wildman–Crippen LogP) is 4.35. The molecule has 0 atom stereocenters. The molecule has 2 aromatic heterocycles. The van der Waals surface area contributed by atoms with Crippen LogP contribution in [0.15, 0.2) is 47.8 Å². The number of carbonyl (C=O) groups is 2. The highest BCUT2D eigenvalue weighted by atomic mass is 32.1. The van der Waals surface area contributed by atoms with Crippen LogP contribution in [0.5, 0.6) is 5.75 Å². The van der Waals surface area contributed by atoms with E-state index in [-0.39, 0.29) is 24.3 Å². The third kappa shape index (κ3) is 5.41. The van der Waals surface area contributed by atoms with E-state index in [2.05, 4.69) is 27.2 Å². The molecule has 2 amide bonds. The van der Waals surface area contributed by atoms with E-state index in [0.717, 1.165) is 40.2 Å². The van der Waals surface area contributed by atoms with Crippen LogP contribution in [0.4, 0.5) is 0 Å². The number of aryl methyl sites for hydroxylation is 2. The zero-order valence-electron chi connectivity index (χ0n) is 20.4. The number of hydrogen-bond acceptors (Lipinski definition) is 6. The number of hydrogen-bond donors (Lipinski definition) is 2. The average molecular weight is 504 g/mol. The average Bonchev–Trinajstić information content (AvgIpc) is 3.55. The van der Waals surface area contributed by atoms with Crippen LogP contribution < -0.4 is 10.1 Å². The molecule has 0 radical (unpaired) electrons. The number of para-hydroxylation sites is 2. The van der Waals surface area contributed by atoms with Gasteiger partial charge in [-0.3, -0.25) is 9.59 Å². The number of nitrogens with zero attached hydrogens (tertiary/aromatic N) is 3. The van der Waals surface area contributed by atoms with Crippen LogP contribution in [0.1, 0.15) is 51.2 Å². The minimum Gasteiger partial charge on any atom is -0.484 e. The molecule has 5 rings (SSSR count). The Labute approximate surface area is 213 Å². The lowest BCUT2D eigenvalue weighted by Crippen LogP contribution is -2.40. The fourth-order valence-electron chi connectivity index (χ4n) is 4.34. The van der Waals surface area contributed by atoms with Crippen molar-refractivity contribution in [1.82, 2.24) is 25.2 Å². The zero-order chi connectivity index (χ0) is 25.1. The van der Waals surface area contributed by atoms with Gasteiger partial charge in [0, 0.05) is 24.4 Å². The summed E-state index contributed by atoms with van der Waals surface area (Å²) in [5.74, 6) is 1.45. The monoisotopic (exact) mass is 503 g/mol. The van der Waals surface area contributed by atoms with Gasteiger partial charge in [0.15, 0.2) is 6.61 Å². The summed E-state index contributed by atoms with van der Waals surface area (Å²) >= 11 is 1.51. The van der Waals surface area contributed by atoms with E-state index in [1.807, 2.05) is 54.3 Å². The molecule has 2 aromatic carbocycles. The zero-order valence-corrected chi connectivity index (χ0v) is 21.2. The lowest BCUT2D eigenvalue weighted by molar-refractivity contribution is -0.134. The predicted molar refractivity (Wildman–Crippen MR) is 139 cm³/mol. The van der Waals surface area contributed by atoms with Gasteiger partial charge < -0.3 is 19.9 Å². The quantitative estimate of drug-likeness (QED) is 0.391. The van der Waals surface area contributed by atoms with Gasteiger partial charge in [-0.1, -0.05) is 18.2 Å². The molecule has 0 saturated carbocycles.